The minimum atomic E-state index is 0.182. The minimum Gasteiger partial charge on any atom is -0.383 e. The second kappa shape index (κ2) is 6.46. The van der Waals surface area contributed by atoms with Gasteiger partial charge in [-0.1, -0.05) is 27.7 Å². The van der Waals surface area contributed by atoms with Gasteiger partial charge in [-0.15, -0.1) is 0 Å². The Balaban J connectivity index is 4.56. The second-order valence-corrected chi connectivity index (χ2v) is 5.29. The van der Waals surface area contributed by atoms with E-state index < -0.39 is 0 Å². The number of nitrogens with zero attached hydrogens (tertiary/aromatic N) is 1. The smallest absolute Gasteiger partial charge is 0.0589 e. The van der Waals surface area contributed by atoms with Gasteiger partial charge in [-0.25, -0.2) is 0 Å². The Morgan fingerprint density at radius 2 is 1.87 bits per heavy atom. The number of hydrogen-bond acceptors (Lipinski definition) is 3. The van der Waals surface area contributed by atoms with Crippen molar-refractivity contribution < 1.29 is 4.74 Å². The molecule has 0 saturated carbocycles. The van der Waals surface area contributed by atoms with E-state index in [0.717, 1.165) is 19.7 Å². The molecule has 0 rings (SSSR count). The van der Waals surface area contributed by atoms with Gasteiger partial charge in [-0.3, -0.25) is 4.90 Å². The van der Waals surface area contributed by atoms with Crippen molar-refractivity contribution in [2.24, 2.45) is 11.1 Å². The molecule has 0 aromatic heterocycles. The van der Waals surface area contributed by atoms with E-state index in [1.54, 1.807) is 7.11 Å². The lowest BCUT2D eigenvalue weighted by molar-refractivity contribution is 0.0593. The van der Waals surface area contributed by atoms with Crippen molar-refractivity contribution in [3.63, 3.8) is 0 Å². The Bertz CT molecular complexity index is 163. The van der Waals surface area contributed by atoms with Crippen LogP contribution in [0.1, 0.15) is 34.6 Å². The summed E-state index contributed by atoms with van der Waals surface area (Å²) in [5.41, 5.74) is 6.29. The van der Waals surface area contributed by atoms with Gasteiger partial charge >= 0.3 is 0 Å². The largest absolute Gasteiger partial charge is 0.383 e. The Morgan fingerprint density at radius 1 is 1.33 bits per heavy atom. The molecule has 2 atom stereocenters. The molecule has 0 aliphatic heterocycles. The topological polar surface area (TPSA) is 38.5 Å². The van der Waals surface area contributed by atoms with Crippen molar-refractivity contribution in [2.45, 2.75) is 46.7 Å². The van der Waals surface area contributed by atoms with Crippen LogP contribution in [0.15, 0.2) is 0 Å². The highest BCUT2D eigenvalue weighted by Gasteiger charge is 2.32. The van der Waals surface area contributed by atoms with Crippen molar-refractivity contribution >= 4 is 0 Å². The Kier molecular flexibility index (Phi) is 6.41. The van der Waals surface area contributed by atoms with Crippen molar-refractivity contribution in [3.8, 4) is 0 Å². The van der Waals surface area contributed by atoms with Crippen LogP contribution in [-0.2, 0) is 4.74 Å². The zero-order valence-electron chi connectivity index (χ0n) is 11.2. The van der Waals surface area contributed by atoms with Gasteiger partial charge in [-0.2, -0.15) is 0 Å². The molecule has 15 heavy (non-hydrogen) atoms. The molecule has 0 saturated heterocycles. The molecule has 2 N–H and O–H groups in total. The summed E-state index contributed by atoms with van der Waals surface area (Å²) in [7, 11) is 1.74. The summed E-state index contributed by atoms with van der Waals surface area (Å²) in [6.45, 7) is 13.8. The summed E-state index contributed by atoms with van der Waals surface area (Å²) in [6, 6.07) is 0.583. The highest BCUT2D eigenvalue weighted by atomic mass is 16.5. The van der Waals surface area contributed by atoms with Gasteiger partial charge in [0.15, 0.2) is 0 Å². The zero-order valence-corrected chi connectivity index (χ0v) is 11.2. The standard InChI is InChI=1S/C12H28N2O/c1-7-14(8-9-15-6)11(10(2)13)12(3,4)5/h10-11H,7-9,13H2,1-6H3. The van der Waals surface area contributed by atoms with Crippen LogP contribution in [-0.4, -0.2) is 43.8 Å². The number of methoxy groups -OCH3 is 1. The van der Waals surface area contributed by atoms with Crippen molar-refractivity contribution in [1.29, 1.82) is 0 Å². The third-order valence-corrected chi connectivity index (χ3v) is 2.77. The average Bonchev–Trinajstić information content (AvgIpc) is 2.08. The Labute approximate surface area is 95.0 Å². The summed E-state index contributed by atoms with van der Waals surface area (Å²) in [5.74, 6) is 0. The number of rotatable bonds is 6. The number of nitrogens with two attached hydrogens (primary N) is 1. The maximum Gasteiger partial charge on any atom is 0.0589 e. The molecule has 3 nitrogen and oxygen atoms in total. The van der Waals surface area contributed by atoms with Crippen molar-refractivity contribution in [2.75, 3.05) is 26.8 Å². The molecule has 3 heteroatoms. The van der Waals surface area contributed by atoms with E-state index in [0.29, 0.717) is 6.04 Å². The maximum absolute atomic E-state index is 6.09. The molecular weight excluding hydrogens is 188 g/mol. The average molecular weight is 216 g/mol. The van der Waals surface area contributed by atoms with Crippen LogP contribution in [0.3, 0.4) is 0 Å². The molecule has 0 aliphatic rings. The summed E-state index contributed by atoms with van der Waals surface area (Å²) >= 11 is 0. The minimum absolute atomic E-state index is 0.182. The van der Waals surface area contributed by atoms with Gasteiger partial charge in [-0.05, 0) is 18.9 Å². The first-order chi connectivity index (χ1) is 6.84. The zero-order chi connectivity index (χ0) is 12.1. The van der Waals surface area contributed by atoms with E-state index in [1.165, 1.54) is 0 Å². The summed E-state index contributed by atoms with van der Waals surface area (Å²) in [6.07, 6.45) is 0. The van der Waals surface area contributed by atoms with Gasteiger partial charge in [0, 0.05) is 25.7 Å². The number of likely N-dealkylation sites (N-methyl/N-ethyl adjacent to an activating group) is 1. The van der Waals surface area contributed by atoms with Gasteiger partial charge < -0.3 is 10.5 Å². The van der Waals surface area contributed by atoms with Crippen LogP contribution in [0.4, 0.5) is 0 Å². The fraction of sp³-hybridized carbons (Fsp3) is 1.00. The lowest BCUT2D eigenvalue weighted by Gasteiger charge is -2.42. The van der Waals surface area contributed by atoms with Crippen LogP contribution in [0, 0.1) is 5.41 Å². The number of hydrogen-bond donors (Lipinski definition) is 1. The second-order valence-electron chi connectivity index (χ2n) is 5.29. The van der Waals surface area contributed by atoms with E-state index in [9.17, 15) is 0 Å². The van der Waals surface area contributed by atoms with Gasteiger partial charge in [0.1, 0.15) is 0 Å². The molecule has 2 unspecified atom stereocenters. The van der Waals surface area contributed by atoms with E-state index in [1.807, 2.05) is 0 Å². The van der Waals surface area contributed by atoms with Crippen LogP contribution in [0.25, 0.3) is 0 Å². The van der Waals surface area contributed by atoms with Crippen LogP contribution < -0.4 is 5.73 Å². The fourth-order valence-corrected chi connectivity index (χ4v) is 2.37. The Morgan fingerprint density at radius 3 is 2.13 bits per heavy atom. The highest BCUT2D eigenvalue weighted by molar-refractivity contribution is 4.88. The molecule has 0 spiro atoms. The molecule has 0 bridgehead atoms. The lowest BCUT2D eigenvalue weighted by atomic mass is 9.82. The summed E-state index contributed by atoms with van der Waals surface area (Å²) in [5, 5.41) is 0. The molecule has 0 amide bonds. The predicted molar refractivity (Wildman–Crippen MR) is 66.0 cm³/mol. The van der Waals surface area contributed by atoms with Crippen LogP contribution >= 0.6 is 0 Å². The molecular formula is C12H28N2O. The van der Waals surface area contributed by atoms with Crippen molar-refractivity contribution in [3.05, 3.63) is 0 Å². The third-order valence-electron chi connectivity index (χ3n) is 2.77. The molecule has 92 valence electrons. The molecule has 0 heterocycles. The molecule has 0 aliphatic carbocycles. The van der Waals surface area contributed by atoms with Crippen LogP contribution in [0.5, 0.6) is 0 Å². The van der Waals surface area contributed by atoms with E-state index >= 15 is 0 Å². The first-order valence-corrected chi connectivity index (χ1v) is 5.83. The monoisotopic (exact) mass is 216 g/mol. The van der Waals surface area contributed by atoms with Gasteiger partial charge in [0.25, 0.3) is 0 Å². The normalized spacial score (nSPS) is 16.8. The summed E-state index contributed by atoms with van der Waals surface area (Å²) in [4.78, 5) is 2.41. The third kappa shape index (κ3) is 4.96. The Hall–Kier alpha value is -0.120. The molecule has 0 fully saturated rings. The highest BCUT2D eigenvalue weighted by Crippen LogP contribution is 2.26. The lowest BCUT2D eigenvalue weighted by Crippen LogP contribution is -2.54. The first-order valence-electron chi connectivity index (χ1n) is 5.83. The van der Waals surface area contributed by atoms with Crippen molar-refractivity contribution in [1.82, 2.24) is 4.90 Å². The van der Waals surface area contributed by atoms with E-state index in [2.05, 4.69) is 39.5 Å². The number of ether oxygens (including phenoxy) is 1. The first kappa shape index (κ1) is 14.9. The fourth-order valence-electron chi connectivity index (χ4n) is 2.37. The molecule has 0 radical (unpaired) electrons. The van der Waals surface area contributed by atoms with Crippen LogP contribution in [0.2, 0.25) is 0 Å². The van der Waals surface area contributed by atoms with E-state index in [4.69, 9.17) is 10.5 Å². The molecule has 0 aromatic rings. The quantitative estimate of drug-likeness (QED) is 0.734. The maximum atomic E-state index is 6.09. The SMILES string of the molecule is CCN(CCOC)C(C(C)N)C(C)(C)C. The van der Waals surface area contributed by atoms with Gasteiger partial charge in [0.2, 0.25) is 0 Å². The summed E-state index contributed by atoms with van der Waals surface area (Å²) < 4.78 is 5.13. The predicted octanol–water partition coefficient (Wildman–Crippen LogP) is 1.72. The van der Waals surface area contributed by atoms with E-state index in [-0.39, 0.29) is 11.5 Å². The molecule has 0 aromatic carbocycles. The van der Waals surface area contributed by atoms with Gasteiger partial charge in [0.05, 0.1) is 6.61 Å².